The Bertz CT molecular complexity index is 776. The zero-order valence-electron chi connectivity index (χ0n) is 14.3. The van der Waals surface area contributed by atoms with Crippen LogP contribution in [0.15, 0.2) is 42.5 Å². The van der Waals surface area contributed by atoms with Gasteiger partial charge in [-0.1, -0.05) is 12.1 Å². The van der Waals surface area contributed by atoms with E-state index >= 15 is 0 Å². The van der Waals surface area contributed by atoms with Crippen molar-refractivity contribution in [2.24, 2.45) is 0 Å². The third-order valence-corrected chi connectivity index (χ3v) is 3.60. The number of rotatable bonds is 6. The molecule has 7 heteroatoms. The normalized spacial score (nSPS) is 10.6. The number of anilines is 1. The number of nitrogens with zero attached hydrogens (tertiary/aromatic N) is 2. The summed E-state index contributed by atoms with van der Waals surface area (Å²) in [6, 6.07) is 10.3. The molecule has 0 saturated carbocycles. The lowest BCUT2D eigenvalue weighted by molar-refractivity contribution is -0.384. The van der Waals surface area contributed by atoms with Gasteiger partial charge in [-0.2, -0.15) is 0 Å². The highest BCUT2D eigenvalue weighted by Crippen LogP contribution is 2.29. The zero-order chi connectivity index (χ0) is 18.6. The lowest BCUT2D eigenvalue weighted by atomic mass is 10.1. The molecule has 0 saturated heterocycles. The van der Waals surface area contributed by atoms with Crippen LogP contribution in [0.5, 0.6) is 0 Å². The van der Waals surface area contributed by atoms with E-state index in [1.807, 2.05) is 13.8 Å². The van der Waals surface area contributed by atoms with Crippen molar-refractivity contribution in [1.82, 2.24) is 5.32 Å². The topological polar surface area (TPSA) is 75.5 Å². The van der Waals surface area contributed by atoms with E-state index in [9.17, 15) is 19.3 Å². The maximum Gasteiger partial charge on any atom is 0.293 e. The molecule has 25 heavy (non-hydrogen) atoms. The number of halogens is 1. The fourth-order valence-corrected chi connectivity index (χ4v) is 2.43. The first-order valence-electron chi connectivity index (χ1n) is 7.83. The van der Waals surface area contributed by atoms with Crippen molar-refractivity contribution in [3.05, 3.63) is 69.5 Å². The minimum absolute atomic E-state index is 0.0626. The second kappa shape index (κ2) is 7.74. The van der Waals surface area contributed by atoms with E-state index in [-0.39, 0.29) is 29.0 Å². The molecule has 0 heterocycles. The molecule has 0 unspecified atom stereocenters. The van der Waals surface area contributed by atoms with Gasteiger partial charge in [-0.25, -0.2) is 4.39 Å². The quantitative estimate of drug-likeness (QED) is 0.642. The molecule has 0 atom stereocenters. The van der Waals surface area contributed by atoms with Gasteiger partial charge in [0, 0.05) is 31.3 Å². The van der Waals surface area contributed by atoms with E-state index in [1.165, 1.54) is 18.2 Å². The van der Waals surface area contributed by atoms with Crippen LogP contribution < -0.4 is 10.2 Å². The number of carbonyl (C=O) groups is 1. The minimum atomic E-state index is -0.511. The molecule has 0 spiro atoms. The Morgan fingerprint density at radius 2 is 1.88 bits per heavy atom. The molecular formula is C18H20FN3O3. The van der Waals surface area contributed by atoms with Crippen LogP contribution in [0.25, 0.3) is 0 Å². The standard InChI is InChI=1S/C18H20FN3O3/c1-12(2)20-18(23)14-6-9-16(17(10-14)22(24)25)21(3)11-13-4-7-15(19)8-5-13/h4-10,12H,11H2,1-3H3,(H,20,23). The van der Waals surface area contributed by atoms with E-state index in [1.54, 1.807) is 36.2 Å². The average Bonchev–Trinajstić information content (AvgIpc) is 2.55. The first kappa shape index (κ1) is 18.4. The molecular weight excluding hydrogens is 325 g/mol. The Labute approximate surface area is 145 Å². The van der Waals surface area contributed by atoms with Gasteiger partial charge in [0.1, 0.15) is 11.5 Å². The largest absolute Gasteiger partial charge is 0.365 e. The minimum Gasteiger partial charge on any atom is -0.365 e. The highest BCUT2D eigenvalue weighted by Gasteiger charge is 2.20. The molecule has 0 bridgehead atoms. The number of nitro benzene ring substituents is 1. The van der Waals surface area contributed by atoms with Crippen LogP contribution in [0, 0.1) is 15.9 Å². The van der Waals surface area contributed by atoms with Crippen molar-refractivity contribution in [1.29, 1.82) is 0 Å². The lowest BCUT2D eigenvalue weighted by Crippen LogP contribution is -2.30. The zero-order valence-corrected chi connectivity index (χ0v) is 14.3. The van der Waals surface area contributed by atoms with Crippen molar-refractivity contribution in [2.45, 2.75) is 26.4 Å². The molecule has 0 aliphatic rings. The van der Waals surface area contributed by atoms with Crippen LogP contribution in [-0.2, 0) is 6.54 Å². The summed E-state index contributed by atoms with van der Waals surface area (Å²) in [6.45, 7) is 4.01. The first-order valence-corrected chi connectivity index (χ1v) is 7.83. The molecule has 0 radical (unpaired) electrons. The summed E-state index contributed by atoms with van der Waals surface area (Å²) in [6.07, 6.45) is 0. The number of amides is 1. The van der Waals surface area contributed by atoms with E-state index in [4.69, 9.17) is 0 Å². The summed E-state index contributed by atoms with van der Waals surface area (Å²) < 4.78 is 13.0. The second-order valence-corrected chi connectivity index (χ2v) is 6.07. The van der Waals surface area contributed by atoms with Gasteiger partial charge in [-0.05, 0) is 43.7 Å². The predicted octanol–water partition coefficient (Wildman–Crippen LogP) is 3.51. The van der Waals surface area contributed by atoms with E-state index in [2.05, 4.69) is 5.32 Å². The van der Waals surface area contributed by atoms with Crippen molar-refractivity contribution in [3.63, 3.8) is 0 Å². The van der Waals surface area contributed by atoms with Crippen molar-refractivity contribution in [3.8, 4) is 0 Å². The second-order valence-electron chi connectivity index (χ2n) is 6.07. The van der Waals surface area contributed by atoms with Crippen molar-refractivity contribution >= 4 is 17.3 Å². The Morgan fingerprint density at radius 1 is 1.24 bits per heavy atom. The molecule has 2 rings (SSSR count). The molecule has 0 fully saturated rings. The molecule has 0 aliphatic heterocycles. The highest BCUT2D eigenvalue weighted by molar-refractivity contribution is 5.95. The fourth-order valence-electron chi connectivity index (χ4n) is 2.43. The summed E-state index contributed by atoms with van der Waals surface area (Å²) >= 11 is 0. The number of hydrogen-bond donors (Lipinski definition) is 1. The SMILES string of the molecule is CC(C)NC(=O)c1ccc(N(C)Cc2ccc(F)cc2)c([N+](=O)[O-])c1. The highest BCUT2D eigenvalue weighted by atomic mass is 19.1. The number of benzene rings is 2. The molecule has 0 aromatic heterocycles. The van der Waals surface area contributed by atoms with Crippen molar-refractivity contribution < 1.29 is 14.1 Å². The lowest BCUT2D eigenvalue weighted by Gasteiger charge is -2.20. The molecule has 6 nitrogen and oxygen atoms in total. The van der Waals surface area contributed by atoms with E-state index in [0.717, 1.165) is 5.56 Å². The first-order chi connectivity index (χ1) is 11.8. The summed E-state index contributed by atoms with van der Waals surface area (Å²) in [5, 5.41) is 14.1. The van der Waals surface area contributed by atoms with Crippen LogP contribution in [0.1, 0.15) is 29.8 Å². The van der Waals surface area contributed by atoms with Crippen LogP contribution >= 0.6 is 0 Å². The molecule has 2 aromatic carbocycles. The van der Waals surface area contributed by atoms with Gasteiger partial charge < -0.3 is 10.2 Å². The number of nitrogens with one attached hydrogen (secondary N) is 1. The summed E-state index contributed by atoms with van der Waals surface area (Å²) in [7, 11) is 1.71. The van der Waals surface area contributed by atoms with Crippen LogP contribution in [-0.4, -0.2) is 23.9 Å². The molecule has 2 aromatic rings. The number of hydrogen-bond acceptors (Lipinski definition) is 4. The van der Waals surface area contributed by atoms with Crippen LogP contribution in [0.3, 0.4) is 0 Å². The third kappa shape index (κ3) is 4.76. The van der Waals surface area contributed by atoms with E-state index < -0.39 is 4.92 Å². The molecule has 132 valence electrons. The Balaban J connectivity index is 2.28. The van der Waals surface area contributed by atoms with Crippen LogP contribution in [0.2, 0.25) is 0 Å². The maximum absolute atomic E-state index is 13.0. The van der Waals surface area contributed by atoms with Gasteiger partial charge in [0.05, 0.1) is 4.92 Å². The third-order valence-electron chi connectivity index (χ3n) is 3.60. The molecule has 0 aliphatic carbocycles. The molecule has 1 amide bonds. The Hall–Kier alpha value is -2.96. The fraction of sp³-hybridized carbons (Fsp3) is 0.278. The van der Waals surface area contributed by atoms with Gasteiger partial charge in [0.15, 0.2) is 0 Å². The van der Waals surface area contributed by atoms with Crippen molar-refractivity contribution in [2.75, 3.05) is 11.9 Å². The van der Waals surface area contributed by atoms with Crippen LogP contribution in [0.4, 0.5) is 15.8 Å². The summed E-state index contributed by atoms with van der Waals surface area (Å²) in [5.41, 5.74) is 1.29. The Morgan fingerprint density at radius 3 is 2.44 bits per heavy atom. The summed E-state index contributed by atoms with van der Waals surface area (Å²) in [4.78, 5) is 24.6. The Kier molecular flexibility index (Phi) is 5.69. The molecule has 1 N–H and O–H groups in total. The number of nitro groups is 1. The predicted molar refractivity (Wildman–Crippen MR) is 94.2 cm³/mol. The van der Waals surface area contributed by atoms with Gasteiger partial charge in [-0.15, -0.1) is 0 Å². The average molecular weight is 345 g/mol. The maximum atomic E-state index is 13.0. The smallest absolute Gasteiger partial charge is 0.293 e. The van der Waals surface area contributed by atoms with E-state index in [0.29, 0.717) is 12.2 Å². The van der Waals surface area contributed by atoms with Gasteiger partial charge >= 0.3 is 0 Å². The van der Waals surface area contributed by atoms with Gasteiger partial charge in [-0.3, -0.25) is 14.9 Å². The summed E-state index contributed by atoms with van der Waals surface area (Å²) in [5.74, 6) is -0.691. The number of carbonyl (C=O) groups excluding carboxylic acids is 1. The van der Waals surface area contributed by atoms with Gasteiger partial charge in [0.25, 0.3) is 11.6 Å². The monoisotopic (exact) mass is 345 g/mol. The van der Waals surface area contributed by atoms with Gasteiger partial charge in [0.2, 0.25) is 0 Å².